The Bertz CT molecular complexity index is 729. The van der Waals surface area contributed by atoms with Crippen LogP contribution in [0.25, 0.3) is 0 Å². The number of aromatic nitrogens is 2. The van der Waals surface area contributed by atoms with Gasteiger partial charge in [-0.05, 0) is 37.5 Å². The molecule has 0 saturated heterocycles. The molecular weight excluding hydrogens is 307 g/mol. The molecule has 0 spiro atoms. The van der Waals surface area contributed by atoms with Crippen LogP contribution in [0.3, 0.4) is 0 Å². The van der Waals surface area contributed by atoms with Crippen LogP contribution in [0.1, 0.15) is 48.2 Å². The molecule has 126 valence electrons. The van der Waals surface area contributed by atoms with E-state index in [1.165, 1.54) is 31.7 Å². The minimum atomic E-state index is -0.382. The Morgan fingerprint density at radius 1 is 1.17 bits per heavy atom. The number of amides is 1. The SMILES string of the molecule is Cc1ccc(NC(=O)c2cc(NC3CCCCC3)ncn2)cc1F. The molecule has 1 aliphatic carbocycles. The normalized spacial score (nSPS) is 15.1. The maximum atomic E-state index is 13.6. The predicted octanol–water partition coefficient (Wildman–Crippen LogP) is 3.92. The van der Waals surface area contributed by atoms with Gasteiger partial charge in [-0.2, -0.15) is 0 Å². The topological polar surface area (TPSA) is 66.9 Å². The fourth-order valence-corrected chi connectivity index (χ4v) is 2.88. The highest BCUT2D eigenvalue weighted by molar-refractivity contribution is 6.03. The highest BCUT2D eigenvalue weighted by Gasteiger charge is 2.15. The maximum absolute atomic E-state index is 13.6. The second kappa shape index (κ2) is 7.38. The van der Waals surface area contributed by atoms with Crippen LogP contribution in [0.15, 0.2) is 30.6 Å². The molecule has 1 aromatic carbocycles. The summed E-state index contributed by atoms with van der Waals surface area (Å²) in [6.45, 7) is 1.68. The van der Waals surface area contributed by atoms with Gasteiger partial charge in [0.1, 0.15) is 23.7 Å². The van der Waals surface area contributed by atoms with Crippen LogP contribution in [0.5, 0.6) is 0 Å². The minimum absolute atomic E-state index is 0.254. The van der Waals surface area contributed by atoms with E-state index < -0.39 is 0 Å². The standard InChI is InChI=1S/C18H21FN4O/c1-12-7-8-14(9-15(12)19)23-18(24)16-10-17(21-11-20-16)22-13-5-3-2-4-6-13/h7-11,13H,2-6H2,1H3,(H,23,24)(H,20,21,22). The summed E-state index contributed by atoms with van der Waals surface area (Å²) in [6.07, 6.45) is 7.32. The van der Waals surface area contributed by atoms with Gasteiger partial charge in [0.05, 0.1) is 0 Å². The second-order valence-corrected chi connectivity index (χ2v) is 6.19. The van der Waals surface area contributed by atoms with Crippen LogP contribution in [0.2, 0.25) is 0 Å². The van der Waals surface area contributed by atoms with E-state index in [1.807, 2.05) is 0 Å². The van der Waals surface area contributed by atoms with Crippen LogP contribution in [-0.4, -0.2) is 21.9 Å². The van der Waals surface area contributed by atoms with Gasteiger partial charge in [-0.15, -0.1) is 0 Å². The van der Waals surface area contributed by atoms with Gasteiger partial charge in [0.25, 0.3) is 5.91 Å². The zero-order valence-corrected chi connectivity index (χ0v) is 13.7. The molecule has 1 saturated carbocycles. The number of carbonyl (C=O) groups excluding carboxylic acids is 1. The fourth-order valence-electron chi connectivity index (χ4n) is 2.88. The number of hydrogen-bond acceptors (Lipinski definition) is 4. The molecule has 1 fully saturated rings. The molecule has 0 radical (unpaired) electrons. The van der Waals surface area contributed by atoms with Crippen molar-refractivity contribution in [3.63, 3.8) is 0 Å². The van der Waals surface area contributed by atoms with E-state index in [2.05, 4.69) is 20.6 Å². The van der Waals surface area contributed by atoms with Crippen LogP contribution in [0, 0.1) is 12.7 Å². The largest absolute Gasteiger partial charge is 0.367 e. The number of hydrogen-bond donors (Lipinski definition) is 2. The molecule has 2 aromatic rings. The van der Waals surface area contributed by atoms with Crippen molar-refractivity contribution in [2.24, 2.45) is 0 Å². The minimum Gasteiger partial charge on any atom is -0.367 e. The van der Waals surface area contributed by atoms with Gasteiger partial charge in [-0.1, -0.05) is 25.3 Å². The lowest BCUT2D eigenvalue weighted by atomic mass is 9.95. The summed E-state index contributed by atoms with van der Waals surface area (Å²) in [4.78, 5) is 20.5. The molecule has 1 heterocycles. The number of anilines is 2. The fraction of sp³-hybridized carbons (Fsp3) is 0.389. The van der Waals surface area contributed by atoms with Gasteiger partial charge in [-0.3, -0.25) is 4.79 Å². The molecule has 3 rings (SSSR count). The van der Waals surface area contributed by atoms with Crippen LogP contribution >= 0.6 is 0 Å². The average Bonchev–Trinajstić information content (AvgIpc) is 2.59. The first-order valence-corrected chi connectivity index (χ1v) is 8.28. The van der Waals surface area contributed by atoms with Gasteiger partial charge in [0.2, 0.25) is 0 Å². The smallest absolute Gasteiger partial charge is 0.274 e. The summed E-state index contributed by atoms with van der Waals surface area (Å²) in [5, 5.41) is 6.03. The zero-order valence-electron chi connectivity index (χ0n) is 13.7. The van der Waals surface area contributed by atoms with Gasteiger partial charge < -0.3 is 10.6 Å². The Morgan fingerprint density at radius 3 is 2.71 bits per heavy atom. The summed E-state index contributed by atoms with van der Waals surface area (Å²) < 4.78 is 13.6. The van der Waals surface area contributed by atoms with Gasteiger partial charge >= 0.3 is 0 Å². The van der Waals surface area contributed by atoms with Gasteiger partial charge in [-0.25, -0.2) is 14.4 Å². The third-order valence-corrected chi connectivity index (χ3v) is 4.29. The van der Waals surface area contributed by atoms with E-state index in [0.29, 0.717) is 23.1 Å². The van der Waals surface area contributed by atoms with E-state index in [-0.39, 0.29) is 17.4 Å². The molecule has 24 heavy (non-hydrogen) atoms. The van der Waals surface area contributed by atoms with Crippen molar-refractivity contribution in [2.45, 2.75) is 45.1 Å². The average molecular weight is 328 g/mol. The number of nitrogens with zero attached hydrogens (tertiary/aromatic N) is 2. The Kier molecular flexibility index (Phi) is 5.03. The summed E-state index contributed by atoms with van der Waals surface area (Å²) in [6, 6.07) is 6.62. The van der Waals surface area contributed by atoms with E-state index >= 15 is 0 Å². The Labute approximate surface area is 140 Å². The highest BCUT2D eigenvalue weighted by atomic mass is 19.1. The van der Waals surface area contributed by atoms with Crippen LogP contribution in [0.4, 0.5) is 15.9 Å². The number of halogens is 1. The van der Waals surface area contributed by atoms with Gasteiger partial charge in [0, 0.05) is 17.8 Å². The molecule has 1 amide bonds. The molecule has 2 N–H and O–H groups in total. The molecule has 0 aliphatic heterocycles. The first-order chi connectivity index (χ1) is 11.6. The molecule has 1 aromatic heterocycles. The van der Waals surface area contributed by atoms with Crippen molar-refractivity contribution < 1.29 is 9.18 Å². The van der Waals surface area contributed by atoms with E-state index in [0.717, 1.165) is 12.8 Å². The number of rotatable bonds is 4. The Balaban J connectivity index is 1.68. The first-order valence-electron chi connectivity index (χ1n) is 8.28. The summed E-state index contributed by atoms with van der Waals surface area (Å²) in [5.41, 5.74) is 1.20. The first kappa shape index (κ1) is 16.4. The molecular formula is C18H21FN4O. The molecule has 0 unspecified atom stereocenters. The molecule has 0 atom stereocenters. The quantitative estimate of drug-likeness (QED) is 0.892. The lowest BCUT2D eigenvalue weighted by molar-refractivity contribution is 0.102. The Morgan fingerprint density at radius 2 is 1.96 bits per heavy atom. The zero-order chi connectivity index (χ0) is 16.9. The van der Waals surface area contributed by atoms with Crippen molar-refractivity contribution in [3.8, 4) is 0 Å². The van der Waals surface area contributed by atoms with Crippen molar-refractivity contribution >= 4 is 17.4 Å². The third kappa shape index (κ3) is 4.07. The molecule has 1 aliphatic rings. The lowest BCUT2D eigenvalue weighted by Crippen LogP contribution is -2.23. The third-order valence-electron chi connectivity index (χ3n) is 4.29. The molecule has 5 nitrogen and oxygen atoms in total. The van der Waals surface area contributed by atoms with Crippen LogP contribution in [-0.2, 0) is 0 Å². The van der Waals surface area contributed by atoms with E-state index in [1.54, 1.807) is 25.1 Å². The summed E-state index contributed by atoms with van der Waals surface area (Å²) >= 11 is 0. The molecule has 0 bridgehead atoms. The van der Waals surface area contributed by atoms with Crippen molar-refractivity contribution in [3.05, 3.63) is 47.7 Å². The Hall–Kier alpha value is -2.50. The second-order valence-electron chi connectivity index (χ2n) is 6.19. The van der Waals surface area contributed by atoms with Crippen LogP contribution < -0.4 is 10.6 Å². The maximum Gasteiger partial charge on any atom is 0.274 e. The monoisotopic (exact) mass is 328 g/mol. The van der Waals surface area contributed by atoms with Crippen molar-refractivity contribution in [2.75, 3.05) is 10.6 Å². The van der Waals surface area contributed by atoms with Crippen molar-refractivity contribution in [1.29, 1.82) is 0 Å². The number of carbonyl (C=O) groups is 1. The van der Waals surface area contributed by atoms with E-state index in [9.17, 15) is 9.18 Å². The lowest BCUT2D eigenvalue weighted by Gasteiger charge is -2.23. The van der Waals surface area contributed by atoms with Gasteiger partial charge in [0.15, 0.2) is 0 Å². The number of nitrogens with one attached hydrogen (secondary N) is 2. The van der Waals surface area contributed by atoms with Crippen molar-refractivity contribution in [1.82, 2.24) is 9.97 Å². The summed E-state index contributed by atoms with van der Waals surface area (Å²) in [7, 11) is 0. The highest BCUT2D eigenvalue weighted by Crippen LogP contribution is 2.21. The number of benzene rings is 1. The predicted molar refractivity (Wildman–Crippen MR) is 91.6 cm³/mol. The number of aryl methyl sites for hydroxylation is 1. The molecule has 6 heteroatoms. The van der Waals surface area contributed by atoms with E-state index in [4.69, 9.17) is 0 Å². The summed E-state index contributed by atoms with van der Waals surface area (Å²) in [5.74, 6) is -0.0837.